The summed E-state index contributed by atoms with van der Waals surface area (Å²) in [5.74, 6) is 0.241. The molecule has 1 aliphatic rings. The highest BCUT2D eigenvalue weighted by atomic mass is 32.2. The number of nitrogens with zero attached hydrogens (tertiary/aromatic N) is 3. The molecule has 0 saturated carbocycles. The van der Waals surface area contributed by atoms with Crippen molar-refractivity contribution in [1.29, 1.82) is 0 Å². The summed E-state index contributed by atoms with van der Waals surface area (Å²) in [4.78, 5) is 26.9. The Morgan fingerprint density at radius 3 is 2.50 bits per heavy atom. The van der Waals surface area contributed by atoms with E-state index in [2.05, 4.69) is 29.5 Å². The Morgan fingerprint density at radius 2 is 1.80 bits per heavy atom. The van der Waals surface area contributed by atoms with Gasteiger partial charge in [0.05, 0.1) is 22.8 Å². The molecule has 30 heavy (non-hydrogen) atoms. The van der Waals surface area contributed by atoms with Crippen molar-refractivity contribution in [3.63, 3.8) is 0 Å². The molecule has 4 rings (SSSR count). The molecule has 154 valence electrons. The maximum Gasteiger partial charge on any atom is 0.240 e. The third-order valence-electron chi connectivity index (χ3n) is 5.17. The minimum Gasteiger partial charge on any atom is -0.354 e. The number of anilines is 1. The SMILES string of the molecule is Cc1nn(-c2ccccc2)c2c1N(CC(=O)NC[C@H](C)c1ccccc1)C(=O)CS2. The van der Waals surface area contributed by atoms with Crippen LogP contribution in [-0.4, -0.2) is 40.4 Å². The van der Waals surface area contributed by atoms with E-state index in [-0.39, 0.29) is 24.3 Å². The van der Waals surface area contributed by atoms with Crippen LogP contribution in [0.4, 0.5) is 5.69 Å². The van der Waals surface area contributed by atoms with Crippen LogP contribution >= 0.6 is 11.8 Å². The zero-order valence-corrected chi connectivity index (χ0v) is 17.9. The van der Waals surface area contributed by atoms with Gasteiger partial charge in [0.25, 0.3) is 0 Å². The van der Waals surface area contributed by atoms with Crippen molar-refractivity contribution in [1.82, 2.24) is 15.1 Å². The number of hydrogen-bond donors (Lipinski definition) is 1. The number of thioether (sulfide) groups is 1. The highest BCUT2D eigenvalue weighted by Gasteiger charge is 2.32. The van der Waals surface area contributed by atoms with Crippen molar-refractivity contribution >= 4 is 29.3 Å². The Labute approximate surface area is 180 Å². The number of para-hydroxylation sites is 1. The maximum atomic E-state index is 12.7. The molecule has 3 aromatic rings. The van der Waals surface area contributed by atoms with Crippen LogP contribution in [0, 0.1) is 6.92 Å². The minimum atomic E-state index is -0.171. The van der Waals surface area contributed by atoms with Gasteiger partial charge in [-0.25, -0.2) is 4.68 Å². The van der Waals surface area contributed by atoms with Gasteiger partial charge in [0.15, 0.2) is 0 Å². The van der Waals surface area contributed by atoms with Crippen LogP contribution in [-0.2, 0) is 9.59 Å². The second kappa shape index (κ2) is 8.75. The average molecular weight is 421 g/mol. The number of aromatic nitrogens is 2. The fourth-order valence-electron chi connectivity index (χ4n) is 3.55. The number of carbonyl (C=O) groups is 2. The zero-order valence-electron chi connectivity index (χ0n) is 17.0. The zero-order chi connectivity index (χ0) is 21.1. The number of amides is 2. The predicted octanol–water partition coefficient (Wildman–Crippen LogP) is 3.54. The molecule has 1 N–H and O–H groups in total. The second-order valence-corrected chi connectivity index (χ2v) is 8.33. The largest absolute Gasteiger partial charge is 0.354 e. The fourth-order valence-corrected chi connectivity index (χ4v) is 4.63. The third kappa shape index (κ3) is 4.11. The quantitative estimate of drug-likeness (QED) is 0.662. The third-order valence-corrected chi connectivity index (χ3v) is 6.20. The molecule has 0 radical (unpaired) electrons. The predicted molar refractivity (Wildman–Crippen MR) is 119 cm³/mol. The van der Waals surface area contributed by atoms with Gasteiger partial charge in [-0.2, -0.15) is 5.10 Å². The summed E-state index contributed by atoms with van der Waals surface area (Å²) >= 11 is 1.46. The van der Waals surface area contributed by atoms with E-state index in [9.17, 15) is 9.59 Å². The summed E-state index contributed by atoms with van der Waals surface area (Å²) in [6.45, 7) is 4.47. The van der Waals surface area contributed by atoms with Crippen molar-refractivity contribution in [2.45, 2.75) is 24.8 Å². The molecular formula is C23H24N4O2S. The van der Waals surface area contributed by atoms with Gasteiger partial charge in [0.2, 0.25) is 11.8 Å². The summed E-state index contributed by atoms with van der Waals surface area (Å²) < 4.78 is 1.85. The number of aryl methyl sites for hydroxylation is 1. The topological polar surface area (TPSA) is 67.2 Å². The molecule has 0 bridgehead atoms. The fraction of sp³-hybridized carbons (Fsp3) is 0.261. The van der Waals surface area contributed by atoms with Crippen LogP contribution in [0.25, 0.3) is 5.69 Å². The Bertz CT molecular complexity index is 1050. The summed E-state index contributed by atoms with van der Waals surface area (Å²) in [6.07, 6.45) is 0. The minimum absolute atomic E-state index is 0.00474. The van der Waals surface area contributed by atoms with E-state index in [1.165, 1.54) is 17.3 Å². The monoisotopic (exact) mass is 420 g/mol. The summed E-state index contributed by atoms with van der Waals surface area (Å²) in [6, 6.07) is 19.9. The number of benzene rings is 2. The average Bonchev–Trinajstić information content (AvgIpc) is 3.12. The van der Waals surface area contributed by atoms with E-state index >= 15 is 0 Å². The Kier molecular flexibility index (Phi) is 5.90. The van der Waals surface area contributed by atoms with Crippen LogP contribution in [0.3, 0.4) is 0 Å². The standard InChI is InChI=1S/C23H24N4O2S/c1-16(18-9-5-3-6-10-18)13-24-20(28)14-26-21(29)15-30-23-22(26)17(2)25-27(23)19-11-7-4-8-12-19/h3-12,16H,13-15H2,1-2H3,(H,24,28)/t16-/m0/s1. The molecule has 1 atom stereocenters. The van der Waals surface area contributed by atoms with Crippen LogP contribution in [0.5, 0.6) is 0 Å². The molecule has 1 aliphatic heterocycles. The number of hydrogen-bond acceptors (Lipinski definition) is 4. The van der Waals surface area contributed by atoms with E-state index in [4.69, 9.17) is 0 Å². The van der Waals surface area contributed by atoms with Gasteiger partial charge in [0, 0.05) is 6.54 Å². The van der Waals surface area contributed by atoms with Gasteiger partial charge >= 0.3 is 0 Å². The van der Waals surface area contributed by atoms with Gasteiger partial charge in [-0.05, 0) is 30.5 Å². The molecule has 1 aromatic heterocycles. The van der Waals surface area contributed by atoms with E-state index in [1.807, 2.05) is 60.1 Å². The van der Waals surface area contributed by atoms with Gasteiger partial charge < -0.3 is 5.32 Å². The molecule has 2 aromatic carbocycles. The first-order valence-corrected chi connectivity index (χ1v) is 10.9. The molecular weight excluding hydrogens is 396 g/mol. The second-order valence-electron chi connectivity index (χ2n) is 7.37. The van der Waals surface area contributed by atoms with Crippen molar-refractivity contribution < 1.29 is 9.59 Å². The molecule has 0 aliphatic carbocycles. The smallest absolute Gasteiger partial charge is 0.240 e. The number of nitrogens with one attached hydrogen (secondary N) is 1. The van der Waals surface area contributed by atoms with E-state index in [0.717, 1.165) is 22.1 Å². The van der Waals surface area contributed by atoms with E-state index < -0.39 is 0 Å². The number of rotatable bonds is 6. The molecule has 0 fully saturated rings. The lowest BCUT2D eigenvalue weighted by Gasteiger charge is -2.27. The van der Waals surface area contributed by atoms with Crippen molar-refractivity contribution in [2.24, 2.45) is 0 Å². The highest BCUT2D eigenvalue weighted by molar-refractivity contribution is 8.00. The molecule has 0 unspecified atom stereocenters. The van der Waals surface area contributed by atoms with E-state index in [0.29, 0.717) is 12.3 Å². The summed E-state index contributed by atoms with van der Waals surface area (Å²) in [5, 5.41) is 8.50. The van der Waals surface area contributed by atoms with Crippen molar-refractivity contribution in [3.8, 4) is 5.69 Å². The summed E-state index contributed by atoms with van der Waals surface area (Å²) in [7, 11) is 0. The maximum absolute atomic E-state index is 12.7. The molecule has 0 spiro atoms. The Morgan fingerprint density at radius 1 is 1.13 bits per heavy atom. The van der Waals surface area contributed by atoms with Crippen LogP contribution in [0.1, 0.15) is 24.1 Å². The highest BCUT2D eigenvalue weighted by Crippen LogP contribution is 2.39. The first-order chi connectivity index (χ1) is 14.5. The van der Waals surface area contributed by atoms with Crippen molar-refractivity contribution in [2.75, 3.05) is 23.7 Å². The lowest BCUT2D eigenvalue weighted by Crippen LogP contribution is -2.44. The van der Waals surface area contributed by atoms with Crippen LogP contribution < -0.4 is 10.2 Å². The Balaban J connectivity index is 1.49. The van der Waals surface area contributed by atoms with Gasteiger partial charge in [-0.3, -0.25) is 14.5 Å². The number of carbonyl (C=O) groups excluding carboxylic acids is 2. The first-order valence-electron chi connectivity index (χ1n) is 9.94. The summed E-state index contributed by atoms with van der Waals surface area (Å²) in [5.41, 5.74) is 3.57. The van der Waals surface area contributed by atoms with Crippen molar-refractivity contribution in [3.05, 3.63) is 71.9 Å². The first kappa shape index (κ1) is 20.2. The molecule has 2 heterocycles. The number of fused-ring (bicyclic) bond motifs is 1. The van der Waals surface area contributed by atoms with Gasteiger partial charge in [0.1, 0.15) is 11.6 Å². The van der Waals surface area contributed by atoms with E-state index in [1.54, 1.807) is 4.90 Å². The van der Waals surface area contributed by atoms with Crippen LogP contribution in [0.2, 0.25) is 0 Å². The van der Waals surface area contributed by atoms with Gasteiger partial charge in [-0.1, -0.05) is 67.2 Å². The van der Waals surface area contributed by atoms with Crippen LogP contribution in [0.15, 0.2) is 65.7 Å². The normalized spacial score (nSPS) is 14.3. The van der Waals surface area contributed by atoms with Gasteiger partial charge in [-0.15, -0.1) is 0 Å². The Hall–Kier alpha value is -3.06. The molecule has 2 amide bonds. The molecule has 0 saturated heterocycles. The lowest BCUT2D eigenvalue weighted by molar-refractivity contribution is -0.123. The molecule has 7 heteroatoms. The lowest BCUT2D eigenvalue weighted by atomic mass is 10.0. The molecule has 6 nitrogen and oxygen atoms in total.